The zero-order valence-corrected chi connectivity index (χ0v) is 17.7. The smallest absolute Gasteiger partial charge is 0.287 e. The molecule has 30 heavy (non-hydrogen) atoms. The van der Waals surface area contributed by atoms with Gasteiger partial charge in [0, 0.05) is 12.6 Å². The molecule has 1 aliphatic heterocycles. The molecule has 6 heteroatoms. The quantitative estimate of drug-likeness (QED) is 0.685. The third-order valence-electron chi connectivity index (χ3n) is 5.91. The Hall–Kier alpha value is -2.86. The molecule has 3 heterocycles. The number of carbonyl (C=O) groups is 1. The Labute approximate surface area is 175 Å². The van der Waals surface area contributed by atoms with E-state index >= 15 is 0 Å². The number of amides is 1. The number of hydrogen-bond acceptors (Lipinski definition) is 5. The Kier molecular flexibility index (Phi) is 5.77. The molecule has 1 fully saturated rings. The van der Waals surface area contributed by atoms with E-state index in [4.69, 9.17) is 8.83 Å². The Bertz CT molecular complexity index is 1110. The third-order valence-corrected chi connectivity index (χ3v) is 5.91. The van der Waals surface area contributed by atoms with Crippen LogP contribution in [0.3, 0.4) is 0 Å². The minimum absolute atomic E-state index is 0.0275. The number of likely N-dealkylation sites (tertiary alicyclic amines) is 1. The van der Waals surface area contributed by atoms with Crippen LogP contribution in [0.25, 0.3) is 11.0 Å². The number of aryl methyl sites for hydroxylation is 2. The van der Waals surface area contributed by atoms with E-state index in [0.29, 0.717) is 23.4 Å². The van der Waals surface area contributed by atoms with Crippen molar-refractivity contribution in [1.82, 2.24) is 10.2 Å². The molecule has 6 nitrogen and oxygen atoms in total. The summed E-state index contributed by atoms with van der Waals surface area (Å²) in [5.41, 5.74) is 1.18. The van der Waals surface area contributed by atoms with Crippen molar-refractivity contribution in [3.05, 3.63) is 69.5 Å². The number of hydrogen-bond donors (Lipinski definition) is 1. The van der Waals surface area contributed by atoms with Gasteiger partial charge in [0.2, 0.25) is 0 Å². The normalized spacial score (nSPS) is 16.6. The number of fused-ring (bicyclic) bond motifs is 1. The van der Waals surface area contributed by atoms with E-state index in [-0.39, 0.29) is 17.2 Å². The van der Waals surface area contributed by atoms with Crippen molar-refractivity contribution in [2.45, 2.75) is 39.7 Å². The first-order valence-electron chi connectivity index (χ1n) is 10.5. The maximum Gasteiger partial charge on any atom is 0.287 e. The summed E-state index contributed by atoms with van der Waals surface area (Å²) in [6, 6.07) is 10.5. The maximum atomic E-state index is 12.8. The highest BCUT2D eigenvalue weighted by molar-refractivity contribution is 5.93. The Morgan fingerprint density at radius 2 is 1.90 bits per heavy atom. The molecule has 3 aromatic rings. The first-order valence-corrected chi connectivity index (χ1v) is 10.5. The molecule has 1 aromatic carbocycles. The van der Waals surface area contributed by atoms with Crippen LogP contribution in [-0.4, -0.2) is 30.4 Å². The van der Waals surface area contributed by atoms with Gasteiger partial charge in [-0.1, -0.05) is 13.0 Å². The van der Waals surface area contributed by atoms with Gasteiger partial charge in [0.15, 0.2) is 11.2 Å². The lowest BCUT2D eigenvalue weighted by atomic mass is 9.97. The predicted molar refractivity (Wildman–Crippen MR) is 116 cm³/mol. The number of nitrogens with zero attached hydrogens (tertiary/aromatic N) is 1. The molecule has 0 bridgehead atoms. The summed E-state index contributed by atoms with van der Waals surface area (Å²) in [7, 11) is 0. The van der Waals surface area contributed by atoms with Crippen LogP contribution in [0.15, 0.2) is 50.0 Å². The minimum Gasteiger partial charge on any atom is -0.465 e. The monoisotopic (exact) mass is 408 g/mol. The summed E-state index contributed by atoms with van der Waals surface area (Å²) in [6.45, 7) is 8.42. The Morgan fingerprint density at radius 3 is 2.60 bits per heavy atom. The van der Waals surface area contributed by atoms with Crippen LogP contribution in [0.2, 0.25) is 0 Å². The van der Waals surface area contributed by atoms with Crippen LogP contribution in [0.1, 0.15) is 53.4 Å². The average Bonchev–Trinajstić information content (AvgIpc) is 3.14. The van der Waals surface area contributed by atoms with Gasteiger partial charge in [0.1, 0.15) is 17.1 Å². The van der Waals surface area contributed by atoms with E-state index in [0.717, 1.165) is 43.0 Å². The first kappa shape index (κ1) is 20.4. The highest BCUT2D eigenvalue weighted by atomic mass is 16.3. The highest BCUT2D eigenvalue weighted by Gasteiger charge is 2.27. The molecule has 1 atom stereocenters. The van der Waals surface area contributed by atoms with Gasteiger partial charge < -0.3 is 14.2 Å². The summed E-state index contributed by atoms with van der Waals surface area (Å²) in [5.74, 6) is 2.04. The molecule has 1 amide bonds. The molecule has 4 rings (SSSR count). The summed E-state index contributed by atoms with van der Waals surface area (Å²) in [4.78, 5) is 27.6. The molecule has 2 aromatic heterocycles. The molecule has 0 aliphatic carbocycles. The van der Waals surface area contributed by atoms with E-state index in [9.17, 15) is 9.59 Å². The van der Waals surface area contributed by atoms with Gasteiger partial charge in [-0.3, -0.25) is 14.5 Å². The number of nitrogens with one attached hydrogen (secondary N) is 1. The number of carbonyl (C=O) groups excluding carboxylic acids is 1. The van der Waals surface area contributed by atoms with Crippen LogP contribution in [0, 0.1) is 19.8 Å². The van der Waals surface area contributed by atoms with Crippen LogP contribution in [0.5, 0.6) is 0 Å². The Morgan fingerprint density at radius 1 is 1.13 bits per heavy atom. The lowest BCUT2D eigenvalue weighted by Gasteiger charge is -2.35. The van der Waals surface area contributed by atoms with Gasteiger partial charge in [-0.05, 0) is 75.5 Å². The number of rotatable bonds is 5. The average molecular weight is 408 g/mol. The molecule has 1 N–H and O–H groups in total. The van der Waals surface area contributed by atoms with E-state index in [1.54, 1.807) is 12.1 Å². The lowest BCUT2D eigenvalue weighted by Crippen LogP contribution is -2.41. The second-order valence-electron chi connectivity index (χ2n) is 8.37. The molecule has 0 saturated carbocycles. The van der Waals surface area contributed by atoms with E-state index in [1.165, 1.54) is 6.07 Å². The molecule has 0 unspecified atom stereocenters. The van der Waals surface area contributed by atoms with Gasteiger partial charge in [-0.2, -0.15) is 0 Å². The second kappa shape index (κ2) is 8.48. The van der Waals surface area contributed by atoms with Crippen molar-refractivity contribution in [3.8, 4) is 0 Å². The first-order chi connectivity index (χ1) is 14.4. The van der Waals surface area contributed by atoms with Crippen molar-refractivity contribution in [2.75, 3.05) is 19.6 Å². The van der Waals surface area contributed by atoms with Crippen molar-refractivity contribution in [3.63, 3.8) is 0 Å². The SMILES string of the molecule is Cc1ccc2c(=O)cc(C(=O)NC[C@H](c3ccc(C)o3)N3CCC(C)CC3)oc2c1. The molecule has 1 saturated heterocycles. The van der Waals surface area contributed by atoms with Crippen molar-refractivity contribution >= 4 is 16.9 Å². The zero-order valence-electron chi connectivity index (χ0n) is 17.7. The van der Waals surface area contributed by atoms with Crippen molar-refractivity contribution in [2.24, 2.45) is 5.92 Å². The summed E-state index contributed by atoms with van der Waals surface area (Å²) in [6.07, 6.45) is 2.26. The molecular weight excluding hydrogens is 380 g/mol. The number of furan rings is 1. The largest absolute Gasteiger partial charge is 0.465 e. The predicted octanol–water partition coefficient (Wildman–Crippen LogP) is 4.21. The van der Waals surface area contributed by atoms with Crippen LogP contribution < -0.4 is 10.7 Å². The van der Waals surface area contributed by atoms with Crippen LogP contribution in [0.4, 0.5) is 0 Å². The number of piperidine rings is 1. The van der Waals surface area contributed by atoms with Crippen molar-refractivity contribution < 1.29 is 13.6 Å². The summed E-state index contributed by atoms with van der Waals surface area (Å²) in [5, 5.41) is 3.42. The zero-order chi connectivity index (χ0) is 21.3. The molecular formula is C24H28N2O4. The van der Waals surface area contributed by atoms with Crippen LogP contribution in [-0.2, 0) is 0 Å². The minimum atomic E-state index is -0.394. The van der Waals surface area contributed by atoms with Gasteiger partial charge in [-0.25, -0.2) is 0 Å². The highest BCUT2D eigenvalue weighted by Crippen LogP contribution is 2.27. The molecule has 158 valence electrons. The van der Waals surface area contributed by atoms with E-state index < -0.39 is 5.91 Å². The van der Waals surface area contributed by atoms with Gasteiger partial charge >= 0.3 is 0 Å². The fourth-order valence-electron chi connectivity index (χ4n) is 4.03. The van der Waals surface area contributed by atoms with E-state index in [1.807, 2.05) is 32.0 Å². The van der Waals surface area contributed by atoms with Gasteiger partial charge in [-0.15, -0.1) is 0 Å². The van der Waals surface area contributed by atoms with Crippen LogP contribution >= 0.6 is 0 Å². The second-order valence-corrected chi connectivity index (χ2v) is 8.37. The summed E-state index contributed by atoms with van der Waals surface area (Å²) >= 11 is 0. The standard InChI is InChI=1S/C24H28N2O4/c1-15-8-10-26(11-9-15)19(21-7-5-17(3)29-21)14-25-24(28)23-13-20(27)18-6-4-16(2)12-22(18)30-23/h4-7,12-13,15,19H,8-11,14H2,1-3H3,(H,25,28)/t19-/m1/s1. The maximum absolute atomic E-state index is 12.8. The fourth-order valence-corrected chi connectivity index (χ4v) is 4.03. The lowest BCUT2D eigenvalue weighted by molar-refractivity contribution is 0.0870. The number of benzene rings is 1. The van der Waals surface area contributed by atoms with Gasteiger partial charge in [0.05, 0.1) is 11.4 Å². The topological polar surface area (TPSA) is 75.7 Å². The summed E-state index contributed by atoms with van der Waals surface area (Å²) < 4.78 is 11.6. The van der Waals surface area contributed by atoms with Gasteiger partial charge in [0.25, 0.3) is 5.91 Å². The van der Waals surface area contributed by atoms with Crippen molar-refractivity contribution in [1.29, 1.82) is 0 Å². The molecule has 0 spiro atoms. The van der Waals surface area contributed by atoms with E-state index in [2.05, 4.69) is 17.1 Å². The molecule has 1 aliphatic rings. The molecule has 0 radical (unpaired) electrons. The third kappa shape index (κ3) is 4.33. The Balaban J connectivity index is 1.54. The fraction of sp³-hybridized carbons (Fsp3) is 0.417.